The lowest BCUT2D eigenvalue weighted by molar-refractivity contribution is 0.0658. The number of carbonyl (C=O) groups is 1. The van der Waals surface area contributed by atoms with Gasteiger partial charge in [-0.2, -0.15) is 0 Å². The number of amides is 1. The average Bonchev–Trinajstić information content (AvgIpc) is 3.39. The highest BCUT2D eigenvalue weighted by molar-refractivity contribution is 5.93. The molecule has 1 aromatic heterocycles. The summed E-state index contributed by atoms with van der Waals surface area (Å²) in [5.74, 6) is 1.69. The number of hydrogen-bond acceptors (Lipinski definition) is 3. The second kappa shape index (κ2) is 8.09. The maximum Gasteiger partial charge on any atom is 0.257 e. The van der Waals surface area contributed by atoms with Gasteiger partial charge in [0.25, 0.3) is 5.91 Å². The Hall–Kier alpha value is -2.07. The van der Waals surface area contributed by atoms with Crippen LogP contribution >= 0.6 is 0 Å². The molecule has 1 amide bonds. The number of nitrogens with zero attached hydrogens (tertiary/aromatic N) is 2. The lowest BCUT2D eigenvalue weighted by atomic mass is 9.83. The number of benzene rings is 1. The standard InChI is InChI=1S/C22H28N2O2/c25-22(21-10-15-26-17-21)24-13-8-19(9-14-24)20-7-12-23(16-20)11-6-18-4-2-1-3-5-18/h1-5,10,15,17,19-20H,6-9,11-14,16H2. The molecule has 1 aromatic carbocycles. The zero-order chi connectivity index (χ0) is 17.8. The van der Waals surface area contributed by atoms with Gasteiger partial charge in [-0.05, 0) is 55.7 Å². The largest absolute Gasteiger partial charge is 0.472 e. The van der Waals surface area contributed by atoms with E-state index >= 15 is 0 Å². The number of piperidine rings is 1. The first kappa shape index (κ1) is 17.3. The first-order valence-electron chi connectivity index (χ1n) is 9.87. The average molecular weight is 352 g/mol. The molecular formula is C22H28N2O2. The molecule has 2 fully saturated rings. The molecule has 0 bridgehead atoms. The fourth-order valence-corrected chi connectivity index (χ4v) is 4.53. The van der Waals surface area contributed by atoms with Gasteiger partial charge in [0, 0.05) is 26.2 Å². The zero-order valence-electron chi connectivity index (χ0n) is 15.3. The van der Waals surface area contributed by atoms with Crippen molar-refractivity contribution in [1.82, 2.24) is 9.80 Å². The second-order valence-corrected chi connectivity index (χ2v) is 7.73. The van der Waals surface area contributed by atoms with Crippen LogP contribution in [0.2, 0.25) is 0 Å². The molecule has 0 saturated carbocycles. The van der Waals surface area contributed by atoms with Crippen molar-refractivity contribution in [3.05, 3.63) is 60.1 Å². The molecule has 1 unspecified atom stereocenters. The Labute approximate surface area is 155 Å². The quantitative estimate of drug-likeness (QED) is 0.823. The molecule has 138 valence electrons. The van der Waals surface area contributed by atoms with E-state index in [1.807, 2.05) is 4.90 Å². The Morgan fingerprint density at radius 3 is 2.50 bits per heavy atom. The maximum atomic E-state index is 12.4. The smallest absolute Gasteiger partial charge is 0.257 e. The van der Waals surface area contributed by atoms with Crippen LogP contribution in [0.1, 0.15) is 35.2 Å². The number of likely N-dealkylation sites (tertiary alicyclic amines) is 2. The molecule has 3 heterocycles. The van der Waals surface area contributed by atoms with E-state index in [4.69, 9.17) is 4.42 Å². The zero-order valence-corrected chi connectivity index (χ0v) is 15.3. The van der Waals surface area contributed by atoms with E-state index in [0.29, 0.717) is 5.56 Å². The maximum absolute atomic E-state index is 12.4. The van der Waals surface area contributed by atoms with Gasteiger partial charge < -0.3 is 14.2 Å². The van der Waals surface area contributed by atoms with Crippen LogP contribution < -0.4 is 0 Å². The molecule has 1 atom stereocenters. The molecule has 0 N–H and O–H groups in total. The van der Waals surface area contributed by atoms with Crippen molar-refractivity contribution in [2.45, 2.75) is 25.7 Å². The van der Waals surface area contributed by atoms with Crippen LogP contribution in [0.3, 0.4) is 0 Å². The topological polar surface area (TPSA) is 36.7 Å². The molecule has 4 rings (SSSR count). The van der Waals surface area contributed by atoms with Crippen molar-refractivity contribution in [3.63, 3.8) is 0 Å². The summed E-state index contributed by atoms with van der Waals surface area (Å²) in [5.41, 5.74) is 2.11. The Bertz CT molecular complexity index is 690. The summed E-state index contributed by atoms with van der Waals surface area (Å²) in [5, 5.41) is 0. The monoisotopic (exact) mass is 352 g/mol. The summed E-state index contributed by atoms with van der Waals surface area (Å²) >= 11 is 0. The first-order chi connectivity index (χ1) is 12.8. The summed E-state index contributed by atoms with van der Waals surface area (Å²) in [6, 6.07) is 12.5. The van der Waals surface area contributed by atoms with E-state index in [2.05, 4.69) is 35.2 Å². The molecule has 0 aliphatic carbocycles. The summed E-state index contributed by atoms with van der Waals surface area (Å²) in [6.07, 6.45) is 7.86. The minimum Gasteiger partial charge on any atom is -0.472 e. The highest BCUT2D eigenvalue weighted by atomic mass is 16.3. The van der Waals surface area contributed by atoms with E-state index in [1.165, 1.54) is 31.6 Å². The van der Waals surface area contributed by atoms with Crippen molar-refractivity contribution < 1.29 is 9.21 Å². The summed E-state index contributed by atoms with van der Waals surface area (Å²) in [4.78, 5) is 17.0. The van der Waals surface area contributed by atoms with Gasteiger partial charge in [0.2, 0.25) is 0 Å². The predicted molar refractivity (Wildman–Crippen MR) is 102 cm³/mol. The molecular weight excluding hydrogens is 324 g/mol. The van der Waals surface area contributed by atoms with Crippen LogP contribution in [0.25, 0.3) is 0 Å². The van der Waals surface area contributed by atoms with Crippen molar-refractivity contribution >= 4 is 5.91 Å². The van der Waals surface area contributed by atoms with Crippen LogP contribution in [-0.2, 0) is 6.42 Å². The molecule has 4 heteroatoms. The lowest BCUT2D eigenvalue weighted by Crippen LogP contribution is -2.40. The fraction of sp³-hybridized carbons (Fsp3) is 0.500. The molecule has 2 aliphatic rings. The van der Waals surface area contributed by atoms with Gasteiger partial charge in [0.05, 0.1) is 11.8 Å². The van der Waals surface area contributed by atoms with Gasteiger partial charge in [-0.25, -0.2) is 0 Å². The minimum absolute atomic E-state index is 0.119. The van der Waals surface area contributed by atoms with Gasteiger partial charge >= 0.3 is 0 Å². The lowest BCUT2D eigenvalue weighted by Gasteiger charge is -2.34. The Morgan fingerprint density at radius 1 is 1.00 bits per heavy atom. The summed E-state index contributed by atoms with van der Waals surface area (Å²) in [7, 11) is 0. The number of furan rings is 1. The van der Waals surface area contributed by atoms with Gasteiger partial charge in [-0.1, -0.05) is 30.3 Å². The van der Waals surface area contributed by atoms with Crippen molar-refractivity contribution in [2.24, 2.45) is 11.8 Å². The summed E-state index contributed by atoms with van der Waals surface area (Å²) in [6.45, 7) is 5.39. The SMILES string of the molecule is O=C(c1ccoc1)N1CCC(C2CCN(CCc3ccccc3)C2)CC1. The third-order valence-corrected chi connectivity index (χ3v) is 6.13. The Morgan fingerprint density at radius 2 is 1.77 bits per heavy atom. The molecule has 26 heavy (non-hydrogen) atoms. The second-order valence-electron chi connectivity index (χ2n) is 7.73. The van der Waals surface area contributed by atoms with Crippen LogP contribution in [0, 0.1) is 11.8 Å². The van der Waals surface area contributed by atoms with Crippen molar-refractivity contribution in [2.75, 3.05) is 32.7 Å². The van der Waals surface area contributed by atoms with Gasteiger partial charge in [0.15, 0.2) is 0 Å². The number of rotatable bonds is 5. The highest BCUT2D eigenvalue weighted by Gasteiger charge is 2.33. The van der Waals surface area contributed by atoms with Gasteiger partial charge in [0.1, 0.15) is 6.26 Å². The molecule has 0 radical (unpaired) electrons. The van der Waals surface area contributed by atoms with E-state index in [9.17, 15) is 4.79 Å². The van der Waals surface area contributed by atoms with E-state index < -0.39 is 0 Å². The number of carbonyl (C=O) groups excluding carboxylic acids is 1. The predicted octanol–water partition coefficient (Wildman–Crippen LogP) is 3.70. The molecule has 0 spiro atoms. The summed E-state index contributed by atoms with van der Waals surface area (Å²) < 4.78 is 5.04. The van der Waals surface area contributed by atoms with E-state index in [1.54, 1.807) is 18.6 Å². The third-order valence-electron chi connectivity index (χ3n) is 6.13. The fourth-order valence-electron chi connectivity index (χ4n) is 4.53. The Kier molecular flexibility index (Phi) is 5.40. The Balaban J connectivity index is 1.22. The van der Waals surface area contributed by atoms with E-state index in [0.717, 1.165) is 44.2 Å². The van der Waals surface area contributed by atoms with Gasteiger partial charge in [-0.15, -0.1) is 0 Å². The van der Waals surface area contributed by atoms with E-state index in [-0.39, 0.29) is 5.91 Å². The number of hydrogen-bond donors (Lipinski definition) is 0. The van der Waals surface area contributed by atoms with Gasteiger partial charge in [-0.3, -0.25) is 4.79 Å². The molecule has 4 nitrogen and oxygen atoms in total. The van der Waals surface area contributed by atoms with Crippen molar-refractivity contribution in [1.29, 1.82) is 0 Å². The normalized spacial score (nSPS) is 22.0. The first-order valence-corrected chi connectivity index (χ1v) is 9.87. The third kappa shape index (κ3) is 4.01. The molecule has 2 aliphatic heterocycles. The highest BCUT2D eigenvalue weighted by Crippen LogP contribution is 2.32. The van der Waals surface area contributed by atoms with Crippen LogP contribution in [0.15, 0.2) is 53.3 Å². The van der Waals surface area contributed by atoms with Crippen molar-refractivity contribution in [3.8, 4) is 0 Å². The molecule has 2 saturated heterocycles. The molecule has 2 aromatic rings. The van der Waals surface area contributed by atoms with Crippen LogP contribution in [0.5, 0.6) is 0 Å². The van der Waals surface area contributed by atoms with Crippen LogP contribution in [-0.4, -0.2) is 48.4 Å². The van der Waals surface area contributed by atoms with Crippen LogP contribution in [0.4, 0.5) is 0 Å². The minimum atomic E-state index is 0.119.